The van der Waals surface area contributed by atoms with Gasteiger partial charge in [-0.05, 0) is 18.4 Å². The van der Waals surface area contributed by atoms with Crippen molar-refractivity contribution in [3.05, 3.63) is 22.4 Å². The molecule has 0 radical (unpaired) electrons. The van der Waals surface area contributed by atoms with Crippen molar-refractivity contribution in [2.45, 2.75) is 12.5 Å². The molecule has 1 saturated heterocycles. The number of esters is 1. The van der Waals surface area contributed by atoms with Crippen LogP contribution in [0.15, 0.2) is 17.5 Å². The third kappa shape index (κ3) is 1.86. The first-order valence-electron chi connectivity index (χ1n) is 5.24. The zero-order chi connectivity index (χ0) is 13.3. The van der Waals surface area contributed by atoms with Gasteiger partial charge in [0, 0.05) is 4.88 Å². The van der Waals surface area contributed by atoms with Crippen LogP contribution in [-0.2, 0) is 19.9 Å². The van der Waals surface area contributed by atoms with E-state index in [0.717, 1.165) is 9.78 Å². The molecule has 1 aromatic rings. The minimum atomic E-state index is -1.10. The zero-order valence-electron chi connectivity index (χ0n) is 9.93. The molecule has 0 bridgehead atoms. The highest BCUT2D eigenvalue weighted by Crippen LogP contribution is 2.31. The molecular weight excluding hydrogens is 256 g/mol. The van der Waals surface area contributed by atoms with E-state index in [0.29, 0.717) is 0 Å². The number of hydrogen-bond donors (Lipinski definition) is 1. The van der Waals surface area contributed by atoms with Gasteiger partial charge < -0.3 is 10.1 Å². The molecule has 0 saturated carbocycles. The van der Waals surface area contributed by atoms with E-state index in [-0.39, 0.29) is 6.54 Å². The molecule has 0 aliphatic carbocycles. The fraction of sp³-hybridized carbons (Fsp3) is 0.364. The molecule has 0 aromatic carbocycles. The summed E-state index contributed by atoms with van der Waals surface area (Å²) in [6.07, 6.45) is 0. The van der Waals surface area contributed by atoms with Crippen LogP contribution in [0.25, 0.3) is 0 Å². The standard InChI is InChI=1S/C11H12N2O4S/c1-11(7-4-3-5-18-7)9(15)13(10(16)12-11)6-8(14)17-2/h3-5H,6H2,1-2H3,(H,12,16). The summed E-state index contributed by atoms with van der Waals surface area (Å²) in [4.78, 5) is 36.7. The lowest BCUT2D eigenvalue weighted by Gasteiger charge is -2.19. The lowest BCUT2D eigenvalue weighted by atomic mass is 10.0. The van der Waals surface area contributed by atoms with Gasteiger partial charge in [0.05, 0.1) is 7.11 Å². The van der Waals surface area contributed by atoms with Gasteiger partial charge in [0.25, 0.3) is 5.91 Å². The lowest BCUT2D eigenvalue weighted by molar-refractivity contribution is -0.145. The zero-order valence-corrected chi connectivity index (χ0v) is 10.7. The van der Waals surface area contributed by atoms with Crippen molar-refractivity contribution in [3.8, 4) is 0 Å². The van der Waals surface area contributed by atoms with Crippen molar-refractivity contribution in [1.82, 2.24) is 10.2 Å². The van der Waals surface area contributed by atoms with Crippen LogP contribution in [-0.4, -0.2) is 36.5 Å². The van der Waals surface area contributed by atoms with Gasteiger partial charge in [-0.1, -0.05) is 6.07 Å². The Morgan fingerprint density at radius 3 is 2.83 bits per heavy atom. The van der Waals surface area contributed by atoms with E-state index in [1.807, 2.05) is 5.38 Å². The maximum absolute atomic E-state index is 12.2. The molecule has 7 heteroatoms. The number of rotatable bonds is 3. The second-order valence-electron chi connectivity index (χ2n) is 4.00. The molecule has 1 aliphatic rings. The van der Waals surface area contributed by atoms with Crippen LogP contribution < -0.4 is 5.32 Å². The van der Waals surface area contributed by atoms with E-state index in [1.165, 1.54) is 18.4 Å². The molecule has 0 spiro atoms. The number of nitrogens with zero attached hydrogens (tertiary/aromatic N) is 1. The summed E-state index contributed by atoms with van der Waals surface area (Å²) in [6, 6.07) is 2.99. The number of carbonyl (C=O) groups excluding carboxylic acids is 3. The number of thiophene rings is 1. The highest BCUT2D eigenvalue weighted by atomic mass is 32.1. The molecule has 18 heavy (non-hydrogen) atoms. The quantitative estimate of drug-likeness (QED) is 0.646. The number of imide groups is 1. The van der Waals surface area contributed by atoms with E-state index in [9.17, 15) is 14.4 Å². The molecule has 1 unspecified atom stereocenters. The molecular formula is C11H12N2O4S. The van der Waals surface area contributed by atoms with Crippen molar-refractivity contribution in [2.75, 3.05) is 13.7 Å². The fourth-order valence-corrected chi connectivity index (χ4v) is 2.60. The Bertz CT molecular complexity index is 499. The average molecular weight is 268 g/mol. The fourth-order valence-electron chi connectivity index (χ4n) is 1.76. The Labute approximate surface area is 108 Å². The average Bonchev–Trinajstić information content (AvgIpc) is 2.93. The van der Waals surface area contributed by atoms with Gasteiger partial charge in [-0.2, -0.15) is 0 Å². The molecule has 1 fully saturated rings. The molecule has 1 atom stereocenters. The Hall–Kier alpha value is -1.89. The monoisotopic (exact) mass is 268 g/mol. The SMILES string of the molecule is COC(=O)CN1C(=O)NC(C)(c2cccs2)C1=O. The first-order chi connectivity index (χ1) is 8.49. The predicted octanol–water partition coefficient (Wildman–Crippen LogP) is 0.688. The van der Waals surface area contributed by atoms with Gasteiger partial charge in [-0.15, -0.1) is 11.3 Å². The number of hydrogen-bond acceptors (Lipinski definition) is 5. The van der Waals surface area contributed by atoms with E-state index in [1.54, 1.807) is 19.1 Å². The normalized spacial score (nSPS) is 23.1. The number of ether oxygens (including phenoxy) is 1. The van der Waals surface area contributed by atoms with Gasteiger partial charge in [0.15, 0.2) is 5.54 Å². The van der Waals surface area contributed by atoms with Gasteiger partial charge in [-0.25, -0.2) is 4.79 Å². The van der Waals surface area contributed by atoms with Gasteiger partial charge in [0.1, 0.15) is 6.54 Å². The largest absolute Gasteiger partial charge is 0.468 e. The summed E-state index contributed by atoms with van der Waals surface area (Å²) in [7, 11) is 1.21. The molecule has 1 N–H and O–H groups in total. The van der Waals surface area contributed by atoms with Gasteiger partial charge in [0.2, 0.25) is 0 Å². The van der Waals surface area contributed by atoms with Crippen molar-refractivity contribution in [1.29, 1.82) is 0 Å². The predicted molar refractivity (Wildman–Crippen MR) is 63.9 cm³/mol. The van der Waals surface area contributed by atoms with E-state index >= 15 is 0 Å². The molecule has 3 amide bonds. The molecule has 1 aliphatic heterocycles. The van der Waals surface area contributed by atoms with Crippen LogP contribution in [0, 0.1) is 0 Å². The van der Waals surface area contributed by atoms with Crippen LogP contribution >= 0.6 is 11.3 Å². The first kappa shape index (κ1) is 12.6. The lowest BCUT2D eigenvalue weighted by Crippen LogP contribution is -2.41. The van der Waals surface area contributed by atoms with Crippen LogP contribution in [0.4, 0.5) is 4.79 Å². The summed E-state index contributed by atoms with van der Waals surface area (Å²) in [6.45, 7) is 1.25. The van der Waals surface area contributed by atoms with E-state index in [4.69, 9.17) is 0 Å². The Morgan fingerprint density at radius 2 is 2.28 bits per heavy atom. The smallest absolute Gasteiger partial charge is 0.325 e. The van der Waals surface area contributed by atoms with E-state index in [2.05, 4.69) is 10.1 Å². The summed E-state index contributed by atoms with van der Waals surface area (Å²) in [5, 5.41) is 4.42. The van der Waals surface area contributed by atoms with E-state index < -0.39 is 23.4 Å². The number of carbonyl (C=O) groups is 3. The Balaban J connectivity index is 2.26. The van der Waals surface area contributed by atoms with Crippen molar-refractivity contribution >= 4 is 29.2 Å². The van der Waals surface area contributed by atoms with Crippen molar-refractivity contribution in [3.63, 3.8) is 0 Å². The summed E-state index contributed by atoms with van der Waals surface area (Å²) in [5.74, 6) is -1.07. The van der Waals surface area contributed by atoms with Gasteiger partial charge in [-0.3, -0.25) is 14.5 Å². The number of urea groups is 1. The summed E-state index contributed by atoms with van der Waals surface area (Å²) in [5.41, 5.74) is -1.10. The summed E-state index contributed by atoms with van der Waals surface area (Å²) >= 11 is 1.37. The molecule has 96 valence electrons. The first-order valence-corrected chi connectivity index (χ1v) is 6.12. The highest BCUT2D eigenvalue weighted by Gasteiger charge is 2.50. The van der Waals surface area contributed by atoms with Crippen LogP contribution in [0.5, 0.6) is 0 Å². The van der Waals surface area contributed by atoms with Crippen molar-refractivity contribution < 1.29 is 19.1 Å². The second-order valence-corrected chi connectivity index (χ2v) is 4.95. The van der Waals surface area contributed by atoms with Crippen LogP contribution in [0.1, 0.15) is 11.8 Å². The van der Waals surface area contributed by atoms with Crippen molar-refractivity contribution in [2.24, 2.45) is 0 Å². The third-order valence-electron chi connectivity index (χ3n) is 2.80. The number of amides is 3. The number of methoxy groups -OCH3 is 1. The van der Waals surface area contributed by atoms with Crippen LogP contribution in [0.3, 0.4) is 0 Å². The minimum absolute atomic E-state index is 0.373. The maximum Gasteiger partial charge on any atom is 0.325 e. The molecule has 1 aromatic heterocycles. The van der Waals surface area contributed by atoms with Crippen LogP contribution in [0.2, 0.25) is 0 Å². The Kier molecular flexibility index (Phi) is 3.08. The topological polar surface area (TPSA) is 75.7 Å². The maximum atomic E-state index is 12.2. The molecule has 6 nitrogen and oxygen atoms in total. The second kappa shape index (κ2) is 4.41. The number of nitrogens with one attached hydrogen (secondary N) is 1. The molecule has 2 heterocycles. The Morgan fingerprint density at radius 1 is 1.56 bits per heavy atom. The molecule has 2 rings (SSSR count). The highest BCUT2D eigenvalue weighted by molar-refractivity contribution is 7.10. The van der Waals surface area contributed by atoms with Gasteiger partial charge >= 0.3 is 12.0 Å². The third-order valence-corrected chi connectivity index (χ3v) is 3.90. The summed E-state index contributed by atoms with van der Waals surface area (Å²) < 4.78 is 4.46. The minimum Gasteiger partial charge on any atom is -0.468 e.